The maximum atomic E-state index is 12.8. The van der Waals surface area contributed by atoms with Crippen molar-refractivity contribution < 1.29 is 14.3 Å². The number of aliphatic imine (C=N–C) groups is 1. The molecule has 1 unspecified atom stereocenters. The van der Waals surface area contributed by atoms with Gasteiger partial charge in [-0.3, -0.25) is 0 Å². The van der Waals surface area contributed by atoms with E-state index < -0.39 is 11.5 Å². The number of carbonyl (C=O) groups excluding carboxylic acids is 1. The molecule has 3 aromatic rings. The molecule has 1 aromatic heterocycles. The van der Waals surface area contributed by atoms with E-state index in [4.69, 9.17) is 9.47 Å². The summed E-state index contributed by atoms with van der Waals surface area (Å²) in [4.78, 5) is 21.1. The van der Waals surface area contributed by atoms with Crippen LogP contribution in [-0.4, -0.2) is 28.5 Å². The molecule has 0 radical (unpaired) electrons. The molecule has 0 fully saturated rings. The number of aromatic amines is 1. The lowest BCUT2D eigenvalue weighted by atomic mass is 9.72. The molecule has 2 aliphatic rings. The van der Waals surface area contributed by atoms with Crippen LogP contribution in [0.2, 0.25) is 0 Å². The first kappa shape index (κ1) is 21.3. The minimum absolute atomic E-state index is 0.263. The zero-order valence-corrected chi connectivity index (χ0v) is 19.4. The number of cyclic esters (lactones) is 1. The summed E-state index contributed by atoms with van der Waals surface area (Å²) >= 11 is 0. The average molecular weight is 441 g/mol. The third-order valence-corrected chi connectivity index (χ3v) is 6.66. The van der Waals surface area contributed by atoms with Gasteiger partial charge in [0.1, 0.15) is 11.4 Å². The van der Waals surface area contributed by atoms with Crippen LogP contribution in [0.4, 0.5) is 0 Å². The van der Waals surface area contributed by atoms with Gasteiger partial charge in [-0.1, -0.05) is 38.1 Å². The number of hydrogen-bond donors (Lipinski definition) is 1. The lowest BCUT2D eigenvalue weighted by Gasteiger charge is -2.33. The quantitative estimate of drug-likeness (QED) is 0.403. The molecular weight excluding hydrogens is 412 g/mol. The van der Waals surface area contributed by atoms with Crippen LogP contribution < -0.4 is 4.74 Å². The fourth-order valence-electron chi connectivity index (χ4n) is 4.71. The Morgan fingerprint density at radius 3 is 2.67 bits per heavy atom. The number of fused-ring (bicyclic) bond motifs is 3. The Morgan fingerprint density at radius 1 is 1.18 bits per heavy atom. The topological polar surface area (TPSA) is 63.7 Å². The van der Waals surface area contributed by atoms with E-state index in [9.17, 15) is 4.79 Å². The maximum Gasteiger partial charge on any atom is 0.338 e. The molecule has 2 aliphatic heterocycles. The smallest absolute Gasteiger partial charge is 0.338 e. The summed E-state index contributed by atoms with van der Waals surface area (Å²) in [6, 6.07) is 15.1. The number of nitrogens with zero attached hydrogens (tertiary/aromatic N) is 1. The van der Waals surface area contributed by atoms with Crippen molar-refractivity contribution in [1.29, 1.82) is 0 Å². The van der Waals surface area contributed by atoms with E-state index in [-0.39, 0.29) is 17.5 Å². The Kier molecular flexibility index (Phi) is 4.82. The van der Waals surface area contributed by atoms with Gasteiger partial charge in [-0.05, 0) is 56.3 Å². The molecule has 0 saturated carbocycles. The molecule has 0 saturated heterocycles. The number of benzene rings is 2. The number of hydrogen-bond acceptors (Lipinski definition) is 4. The van der Waals surface area contributed by atoms with Crippen molar-refractivity contribution in [3.05, 3.63) is 84.1 Å². The van der Waals surface area contributed by atoms with Crippen molar-refractivity contribution in [2.45, 2.75) is 44.8 Å². The number of ether oxygens (including phenoxy) is 2. The monoisotopic (exact) mass is 440 g/mol. The van der Waals surface area contributed by atoms with Gasteiger partial charge >= 0.3 is 5.97 Å². The first-order valence-electron chi connectivity index (χ1n) is 11.2. The van der Waals surface area contributed by atoms with Crippen LogP contribution in [0.5, 0.6) is 5.75 Å². The largest absolute Gasteiger partial charge is 0.483 e. The summed E-state index contributed by atoms with van der Waals surface area (Å²) < 4.78 is 11.7. The van der Waals surface area contributed by atoms with Gasteiger partial charge in [-0.15, -0.1) is 6.58 Å². The Balaban J connectivity index is 1.53. The molecular formula is C28H28N2O3. The molecule has 168 valence electrons. The molecule has 2 atom stereocenters. The number of carbonyl (C=O) groups is 1. The Labute approximate surface area is 193 Å². The average Bonchev–Trinajstić information content (AvgIpc) is 3.38. The normalized spacial score (nSPS) is 20.1. The van der Waals surface area contributed by atoms with E-state index in [1.165, 1.54) is 0 Å². The zero-order valence-electron chi connectivity index (χ0n) is 19.4. The predicted octanol–water partition coefficient (Wildman–Crippen LogP) is 5.80. The van der Waals surface area contributed by atoms with Crippen LogP contribution in [0, 0.1) is 5.92 Å². The molecule has 2 aromatic carbocycles. The van der Waals surface area contributed by atoms with Crippen molar-refractivity contribution in [1.82, 2.24) is 4.98 Å². The minimum Gasteiger partial charge on any atom is -0.483 e. The Bertz CT molecular complexity index is 1310. The zero-order chi connectivity index (χ0) is 23.4. The van der Waals surface area contributed by atoms with Crippen molar-refractivity contribution in [2.75, 3.05) is 0 Å². The summed E-state index contributed by atoms with van der Waals surface area (Å²) in [5.74, 6) is 0.613. The van der Waals surface area contributed by atoms with Gasteiger partial charge in [0.2, 0.25) is 5.90 Å². The fourth-order valence-corrected chi connectivity index (χ4v) is 4.71. The number of H-pyrrole nitrogens is 1. The molecule has 0 amide bonds. The van der Waals surface area contributed by atoms with Crippen LogP contribution >= 0.6 is 0 Å². The predicted molar refractivity (Wildman–Crippen MR) is 132 cm³/mol. The van der Waals surface area contributed by atoms with E-state index in [0.29, 0.717) is 5.90 Å². The number of rotatable bonds is 5. The summed E-state index contributed by atoms with van der Waals surface area (Å²) in [5.41, 5.74) is 3.07. The van der Waals surface area contributed by atoms with E-state index in [1.54, 1.807) is 0 Å². The van der Waals surface area contributed by atoms with E-state index in [1.807, 2.05) is 56.3 Å². The standard InChI is InChI=1S/C28H28N2O3/c1-6-20(24-26(31)32-25(30-24)17-10-8-7-9-11-17)28(4,5)22-16-18-12-13-21-19(23(18)29-22)14-15-27(2,3)33-21/h6-16,20,24,29H,1H2,2-5H3/t20-,24?/m1/s1. The van der Waals surface area contributed by atoms with Crippen LogP contribution in [0.25, 0.3) is 17.0 Å². The third-order valence-electron chi connectivity index (χ3n) is 6.66. The Morgan fingerprint density at radius 2 is 1.94 bits per heavy atom. The molecule has 5 rings (SSSR count). The van der Waals surface area contributed by atoms with Crippen molar-refractivity contribution >= 4 is 28.8 Å². The van der Waals surface area contributed by atoms with Gasteiger partial charge < -0.3 is 14.5 Å². The molecule has 3 heterocycles. The van der Waals surface area contributed by atoms with Gasteiger partial charge in [0, 0.05) is 33.5 Å². The molecule has 5 heteroatoms. The van der Waals surface area contributed by atoms with Gasteiger partial charge in [-0.2, -0.15) is 0 Å². The highest BCUT2D eigenvalue weighted by Crippen LogP contribution is 2.41. The molecule has 1 N–H and O–H groups in total. The highest BCUT2D eigenvalue weighted by molar-refractivity contribution is 6.06. The van der Waals surface area contributed by atoms with Gasteiger partial charge in [0.05, 0.1) is 5.52 Å². The second kappa shape index (κ2) is 7.48. The van der Waals surface area contributed by atoms with E-state index in [2.05, 4.69) is 54.7 Å². The first-order chi connectivity index (χ1) is 15.7. The maximum absolute atomic E-state index is 12.8. The van der Waals surface area contributed by atoms with Crippen molar-refractivity contribution in [3.8, 4) is 5.75 Å². The van der Waals surface area contributed by atoms with Crippen LogP contribution in [-0.2, 0) is 14.9 Å². The van der Waals surface area contributed by atoms with Crippen LogP contribution in [0.15, 0.2) is 72.3 Å². The summed E-state index contributed by atoms with van der Waals surface area (Å²) in [6.07, 6.45) is 6.00. The lowest BCUT2D eigenvalue weighted by Crippen LogP contribution is -2.38. The number of esters is 1. The molecule has 0 spiro atoms. The number of aromatic nitrogens is 1. The molecule has 5 nitrogen and oxygen atoms in total. The van der Waals surface area contributed by atoms with Gasteiger partial charge in [0.15, 0.2) is 6.04 Å². The molecule has 0 aliphatic carbocycles. The van der Waals surface area contributed by atoms with Crippen LogP contribution in [0.3, 0.4) is 0 Å². The fraction of sp³-hybridized carbons (Fsp3) is 0.286. The highest BCUT2D eigenvalue weighted by Gasteiger charge is 2.44. The highest BCUT2D eigenvalue weighted by atomic mass is 16.6. The van der Waals surface area contributed by atoms with Crippen molar-refractivity contribution in [2.24, 2.45) is 10.9 Å². The lowest BCUT2D eigenvalue weighted by molar-refractivity contribution is -0.136. The Hall–Kier alpha value is -3.60. The molecule has 33 heavy (non-hydrogen) atoms. The number of nitrogens with one attached hydrogen (secondary N) is 1. The van der Waals surface area contributed by atoms with E-state index >= 15 is 0 Å². The first-order valence-corrected chi connectivity index (χ1v) is 11.2. The van der Waals surface area contributed by atoms with Crippen LogP contribution in [0.1, 0.15) is 44.5 Å². The SMILES string of the molecule is C=C[C@H](C1N=C(c2ccccc2)OC1=O)C(C)(C)c1cc2ccc3c(c2[nH]1)C=CC(C)(C)O3. The molecule has 0 bridgehead atoms. The summed E-state index contributed by atoms with van der Waals surface area (Å²) in [5, 5.41) is 1.09. The minimum atomic E-state index is -0.655. The summed E-state index contributed by atoms with van der Waals surface area (Å²) in [6.45, 7) is 12.3. The second-order valence-corrected chi connectivity index (χ2v) is 9.81. The second-order valence-electron chi connectivity index (χ2n) is 9.81. The van der Waals surface area contributed by atoms with Gasteiger partial charge in [0.25, 0.3) is 0 Å². The van der Waals surface area contributed by atoms with Crippen molar-refractivity contribution in [3.63, 3.8) is 0 Å². The third kappa shape index (κ3) is 3.58. The van der Waals surface area contributed by atoms with E-state index in [0.717, 1.165) is 33.5 Å². The summed E-state index contributed by atoms with van der Waals surface area (Å²) in [7, 11) is 0. The van der Waals surface area contributed by atoms with Gasteiger partial charge in [-0.25, -0.2) is 9.79 Å².